The van der Waals surface area contributed by atoms with Crippen LogP contribution in [-0.4, -0.2) is 16.6 Å². The third kappa shape index (κ3) is 1.45. The predicted octanol–water partition coefficient (Wildman–Crippen LogP) is 2.73. The summed E-state index contributed by atoms with van der Waals surface area (Å²) in [5.74, 6) is 2.19. The molecule has 16 heavy (non-hydrogen) atoms. The van der Waals surface area contributed by atoms with Crippen LogP contribution in [0.1, 0.15) is 31.4 Å². The molecule has 1 aromatic rings. The van der Waals surface area contributed by atoms with Crippen molar-refractivity contribution in [3.63, 3.8) is 0 Å². The van der Waals surface area contributed by atoms with E-state index in [-0.39, 0.29) is 11.6 Å². The molecule has 0 saturated carbocycles. The van der Waals surface area contributed by atoms with Gasteiger partial charge >= 0.3 is 0 Å². The maximum atomic E-state index is 6.27. The van der Waals surface area contributed by atoms with Crippen LogP contribution in [0.5, 0.6) is 5.75 Å². The summed E-state index contributed by atoms with van der Waals surface area (Å²) >= 11 is 2.00. The molecule has 3 atom stereocenters. The molecule has 2 heterocycles. The molecule has 1 spiro atoms. The zero-order valence-electron chi connectivity index (χ0n) is 9.48. The zero-order valence-corrected chi connectivity index (χ0v) is 10.3. The topological polar surface area (TPSA) is 35.2 Å². The van der Waals surface area contributed by atoms with E-state index in [1.807, 2.05) is 30.0 Å². The maximum Gasteiger partial charge on any atom is 0.124 e. The smallest absolute Gasteiger partial charge is 0.124 e. The van der Waals surface area contributed by atoms with Gasteiger partial charge in [0.15, 0.2) is 0 Å². The van der Waals surface area contributed by atoms with Crippen LogP contribution in [0.25, 0.3) is 0 Å². The van der Waals surface area contributed by atoms with Crippen molar-refractivity contribution in [1.82, 2.24) is 0 Å². The third-order valence-corrected chi connectivity index (χ3v) is 5.20. The molecule has 2 unspecified atom stereocenters. The number of thioether (sulfide) groups is 1. The molecule has 3 rings (SSSR count). The molecule has 1 fully saturated rings. The van der Waals surface area contributed by atoms with Gasteiger partial charge in [-0.15, -0.1) is 0 Å². The Labute approximate surface area is 101 Å². The van der Waals surface area contributed by atoms with Crippen molar-refractivity contribution in [2.24, 2.45) is 5.73 Å². The van der Waals surface area contributed by atoms with Crippen molar-refractivity contribution in [1.29, 1.82) is 0 Å². The highest BCUT2D eigenvalue weighted by Crippen LogP contribution is 2.48. The average Bonchev–Trinajstić information content (AvgIpc) is 2.60. The van der Waals surface area contributed by atoms with E-state index in [1.165, 1.54) is 5.75 Å². The summed E-state index contributed by atoms with van der Waals surface area (Å²) in [7, 11) is 0. The highest BCUT2D eigenvalue weighted by molar-refractivity contribution is 8.00. The van der Waals surface area contributed by atoms with E-state index >= 15 is 0 Å². The lowest BCUT2D eigenvalue weighted by atomic mass is 9.84. The van der Waals surface area contributed by atoms with Gasteiger partial charge in [-0.2, -0.15) is 11.8 Å². The van der Waals surface area contributed by atoms with Crippen molar-refractivity contribution in [3.8, 4) is 5.75 Å². The van der Waals surface area contributed by atoms with Crippen molar-refractivity contribution in [2.75, 3.05) is 5.75 Å². The summed E-state index contributed by atoms with van der Waals surface area (Å²) in [6.45, 7) is 2.26. The molecule has 2 N–H and O–H groups in total. The second kappa shape index (κ2) is 3.67. The second-order valence-electron chi connectivity index (χ2n) is 4.78. The third-order valence-electron chi connectivity index (χ3n) is 3.83. The van der Waals surface area contributed by atoms with E-state index in [0.29, 0.717) is 5.25 Å². The van der Waals surface area contributed by atoms with Crippen molar-refractivity contribution in [3.05, 3.63) is 29.8 Å². The van der Waals surface area contributed by atoms with Gasteiger partial charge in [0, 0.05) is 23.3 Å². The summed E-state index contributed by atoms with van der Waals surface area (Å²) in [5.41, 5.74) is 7.42. The normalized spacial score (nSPS) is 37.1. The number of fused-ring (bicyclic) bond motifs is 1. The number of benzene rings is 1. The zero-order chi connectivity index (χ0) is 11.2. The molecule has 0 radical (unpaired) electrons. The van der Waals surface area contributed by atoms with Gasteiger partial charge in [0.25, 0.3) is 0 Å². The number of rotatable bonds is 0. The molecule has 86 valence electrons. The number of nitrogens with two attached hydrogens (primary N) is 1. The van der Waals surface area contributed by atoms with Crippen molar-refractivity contribution in [2.45, 2.75) is 36.7 Å². The van der Waals surface area contributed by atoms with Crippen LogP contribution in [-0.2, 0) is 0 Å². The van der Waals surface area contributed by atoms with E-state index in [2.05, 4.69) is 13.0 Å². The second-order valence-corrected chi connectivity index (χ2v) is 6.23. The minimum atomic E-state index is -0.0154. The van der Waals surface area contributed by atoms with Gasteiger partial charge in [0.05, 0.1) is 0 Å². The van der Waals surface area contributed by atoms with Crippen molar-refractivity contribution < 1.29 is 4.74 Å². The monoisotopic (exact) mass is 235 g/mol. The summed E-state index contributed by atoms with van der Waals surface area (Å²) < 4.78 is 6.26. The van der Waals surface area contributed by atoms with Gasteiger partial charge in [-0.05, 0) is 25.2 Å². The Morgan fingerprint density at radius 2 is 2.25 bits per heavy atom. The lowest BCUT2D eigenvalue weighted by molar-refractivity contribution is 0.0411. The molecule has 0 aliphatic carbocycles. The highest BCUT2D eigenvalue weighted by Gasteiger charge is 2.47. The fourth-order valence-electron chi connectivity index (χ4n) is 2.79. The minimum Gasteiger partial charge on any atom is -0.486 e. The van der Waals surface area contributed by atoms with E-state index in [1.54, 1.807) is 0 Å². The highest BCUT2D eigenvalue weighted by atomic mass is 32.2. The van der Waals surface area contributed by atoms with Gasteiger partial charge in [0.2, 0.25) is 0 Å². The van der Waals surface area contributed by atoms with Gasteiger partial charge in [-0.25, -0.2) is 0 Å². The van der Waals surface area contributed by atoms with Crippen LogP contribution in [0.3, 0.4) is 0 Å². The maximum absolute atomic E-state index is 6.27. The number of hydrogen-bond donors (Lipinski definition) is 1. The van der Waals surface area contributed by atoms with E-state index in [9.17, 15) is 0 Å². The van der Waals surface area contributed by atoms with Gasteiger partial charge in [-0.1, -0.05) is 18.2 Å². The largest absolute Gasteiger partial charge is 0.486 e. The molecule has 2 nitrogen and oxygen atoms in total. The van der Waals surface area contributed by atoms with Crippen LogP contribution in [0.2, 0.25) is 0 Å². The molecule has 0 amide bonds. The fourth-order valence-corrected chi connectivity index (χ4v) is 4.17. The van der Waals surface area contributed by atoms with Crippen LogP contribution in [0, 0.1) is 0 Å². The first-order chi connectivity index (χ1) is 7.71. The van der Waals surface area contributed by atoms with Crippen LogP contribution < -0.4 is 10.5 Å². The molecule has 0 aromatic heterocycles. The first kappa shape index (κ1) is 10.5. The van der Waals surface area contributed by atoms with Gasteiger partial charge in [-0.3, -0.25) is 0 Å². The molecule has 2 aliphatic heterocycles. The SMILES string of the molecule is CC1SCCC12C[C@@H](N)c1ccccc1O2. The van der Waals surface area contributed by atoms with Crippen LogP contribution in [0.15, 0.2) is 24.3 Å². The summed E-state index contributed by atoms with van der Waals surface area (Å²) in [4.78, 5) is 0. The lowest BCUT2D eigenvalue weighted by Crippen LogP contribution is -2.46. The quantitative estimate of drug-likeness (QED) is 0.751. The molecule has 1 aromatic carbocycles. The minimum absolute atomic E-state index is 0.0154. The number of hydrogen-bond acceptors (Lipinski definition) is 3. The predicted molar refractivity (Wildman–Crippen MR) is 67.9 cm³/mol. The van der Waals surface area contributed by atoms with Gasteiger partial charge < -0.3 is 10.5 Å². The van der Waals surface area contributed by atoms with E-state index < -0.39 is 0 Å². The first-order valence-corrected chi connectivity index (χ1v) is 6.91. The fraction of sp³-hybridized carbons (Fsp3) is 0.538. The average molecular weight is 235 g/mol. The molecular formula is C13H17NOS. The standard InChI is InChI=1S/C13H17NOS/c1-9-13(6-7-16-9)8-11(14)10-4-2-3-5-12(10)15-13/h2-5,9,11H,6-8,14H2,1H3/t9?,11-,13?/m1/s1. The Morgan fingerprint density at radius 3 is 3.00 bits per heavy atom. The Kier molecular flexibility index (Phi) is 2.41. The van der Waals surface area contributed by atoms with Crippen LogP contribution in [0.4, 0.5) is 0 Å². The molecule has 2 aliphatic rings. The van der Waals surface area contributed by atoms with Crippen molar-refractivity contribution >= 4 is 11.8 Å². The molecule has 1 saturated heterocycles. The number of para-hydroxylation sites is 1. The number of ether oxygens (including phenoxy) is 1. The Hall–Kier alpha value is -0.670. The first-order valence-electron chi connectivity index (χ1n) is 5.86. The summed E-state index contributed by atoms with van der Waals surface area (Å²) in [6.07, 6.45) is 2.08. The molecule has 0 bridgehead atoms. The Bertz CT molecular complexity index is 409. The van der Waals surface area contributed by atoms with Gasteiger partial charge in [0.1, 0.15) is 11.4 Å². The molecule has 3 heteroatoms. The lowest BCUT2D eigenvalue weighted by Gasteiger charge is -2.41. The van der Waals surface area contributed by atoms with Crippen LogP contribution >= 0.6 is 11.8 Å². The Balaban J connectivity index is 2.00. The Morgan fingerprint density at radius 1 is 1.44 bits per heavy atom. The van der Waals surface area contributed by atoms with E-state index in [4.69, 9.17) is 10.5 Å². The van der Waals surface area contributed by atoms with E-state index in [0.717, 1.165) is 24.2 Å². The summed E-state index contributed by atoms with van der Waals surface area (Å²) in [6, 6.07) is 8.32. The summed E-state index contributed by atoms with van der Waals surface area (Å²) in [5, 5.41) is 0.548. The molecular weight excluding hydrogens is 218 g/mol.